The molecule has 1 amide bonds. The van der Waals surface area contributed by atoms with Crippen molar-refractivity contribution >= 4 is 16.8 Å². The largest absolute Gasteiger partial charge is 0.356 e. The van der Waals surface area contributed by atoms with Crippen LogP contribution in [0.5, 0.6) is 0 Å². The number of H-pyrrole nitrogens is 1. The summed E-state index contributed by atoms with van der Waals surface area (Å²) in [6, 6.07) is 10.3. The molecule has 5 heteroatoms. The second kappa shape index (κ2) is 9.70. The lowest BCUT2D eigenvalue weighted by Gasteiger charge is -2.35. The van der Waals surface area contributed by atoms with Gasteiger partial charge in [0.1, 0.15) is 0 Å². The van der Waals surface area contributed by atoms with Crippen molar-refractivity contribution in [3.63, 3.8) is 0 Å². The van der Waals surface area contributed by atoms with Crippen molar-refractivity contribution in [3.05, 3.63) is 46.2 Å². The average molecular weight is 370 g/mol. The van der Waals surface area contributed by atoms with Crippen LogP contribution in [-0.2, 0) is 11.2 Å². The molecule has 27 heavy (non-hydrogen) atoms. The number of fused-ring (bicyclic) bond motifs is 1. The van der Waals surface area contributed by atoms with E-state index in [0.29, 0.717) is 31.0 Å². The van der Waals surface area contributed by atoms with Gasteiger partial charge in [0.25, 0.3) is 5.56 Å². The number of rotatable bonds is 8. The molecule has 2 N–H and O–H groups in total. The van der Waals surface area contributed by atoms with Crippen molar-refractivity contribution in [2.75, 3.05) is 19.6 Å². The van der Waals surface area contributed by atoms with Crippen LogP contribution in [0.2, 0.25) is 0 Å². The van der Waals surface area contributed by atoms with E-state index in [2.05, 4.69) is 22.1 Å². The summed E-state index contributed by atoms with van der Waals surface area (Å²) in [5.41, 5.74) is 1.40. The minimum absolute atomic E-state index is 0.0215. The van der Waals surface area contributed by atoms with Crippen molar-refractivity contribution in [2.24, 2.45) is 0 Å². The summed E-state index contributed by atoms with van der Waals surface area (Å²) >= 11 is 0. The molecule has 1 unspecified atom stereocenters. The number of carbonyl (C=O) groups is 1. The SMILES string of the molecule is CCC1CCCCN1CCCNC(=O)CCc1cc2ccccc2[nH]c1=O. The number of pyridine rings is 1. The third-order valence-electron chi connectivity index (χ3n) is 5.62. The van der Waals surface area contributed by atoms with E-state index in [1.807, 2.05) is 30.3 Å². The van der Waals surface area contributed by atoms with Gasteiger partial charge in [-0.25, -0.2) is 0 Å². The fraction of sp³-hybridized carbons (Fsp3) is 0.545. The third-order valence-corrected chi connectivity index (χ3v) is 5.62. The van der Waals surface area contributed by atoms with E-state index in [-0.39, 0.29) is 11.5 Å². The number of likely N-dealkylation sites (tertiary alicyclic amines) is 1. The van der Waals surface area contributed by atoms with Crippen LogP contribution < -0.4 is 10.9 Å². The van der Waals surface area contributed by atoms with Crippen LogP contribution >= 0.6 is 0 Å². The van der Waals surface area contributed by atoms with Crippen molar-refractivity contribution < 1.29 is 4.79 Å². The van der Waals surface area contributed by atoms with Gasteiger partial charge in [0.2, 0.25) is 5.91 Å². The summed E-state index contributed by atoms with van der Waals surface area (Å²) in [4.78, 5) is 29.7. The number of aromatic nitrogens is 1. The van der Waals surface area contributed by atoms with Gasteiger partial charge in [-0.05, 0) is 56.2 Å². The van der Waals surface area contributed by atoms with Gasteiger partial charge in [0.15, 0.2) is 0 Å². The molecule has 1 aromatic heterocycles. The number of aryl methyl sites for hydroxylation is 1. The van der Waals surface area contributed by atoms with E-state index >= 15 is 0 Å². The van der Waals surface area contributed by atoms with Crippen LogP contribution in [0.3, 0.4) is 0 Å². The van der Waals surface area contributed by atoms with E-state index < -0.39 is 0 Å². The van der Waals surface area contributed by atoms with Crippen LogP contribution in [0, 0.1) is 0 Å². The molecular weight excluding hydrogens is 338 g/mol. The Labute approximate surface area is 161 Å². The molecule has 5 nitrogen and oxygen atoms in total. The second-order valence-electron chi connectivity index (χ2n) is 7.51. The number of nitrogens with one attached hydrogen (secondary N) is 2. The normalized spacial score (nSPS) is 17.9. The first-order valence-electron chi connectivity index (χ1n) is 10.3. The fourth-order valence-electron chi connectivity index (χ4n) is 4.04. The second-order valence-corrected chi connectivity index (χ2v) is 7.51. The third kappa shape index (κ3) is 5.42. The van der Waals surface area contributed by atoms with Crippen molar-refractivity contribution in [2.45, 2.75) is 57.9 Å². The Hall–Kier alpha value is -2.14. The maximum absolute atomic E-state index is 12.1. The van der Waals surface area contributed by atoms with E-state index in [1.165, 1.54) is 32.2 Å². The quantitative estimate of drug-likeness (QED) is 0.702. The molecule has 1 atom stereocenters. The maximum Gasteiger partial charge on any atom is 0.251 e. The number of nitrogens with zero attached hydrogens (tertiary/aromatic N) is 1. The number of hydrogen-bond acceptors (Lipinski definition) is 3. The first-order chi connectivity index (χ1) is 13.2. The first-order valence-corrected chi connectivity index (χ1v) is 10.3. The topological polar surface area (TPSA) is 65.2 Å². The highest BCUT2D eigenvalue weighted by Gasteiger charge is 2.19. The van der Waals surface area contributed by atoms with E-state index in [4.69, 9.17) is 0 Å². The van der Waals surface area contributed by atoms with Gasteiger partial charge in [-0.3, -0.25) is 9.59 Å². The van der Waals surface area contributed by atoms with Gasteiger partial charge in [0.05, 0.1) is 0 Å². The highest BCUT2D eigenvalue weighted by Crippen LogP contribution is 2.19. The number of hydrogen-bond donors (Lipinski definition) is 2. The number of piperidine rings is 1. The summed E-state index contributed by atoms with van der Waals surface area (Å²) in [5, 5.41) is 4.00. The van der Waals surface area contributed by atoms with Gasteiger partial charge < -0.3 is 15.2 Å². The Morgan fingerprint density at radius 1 is 1.30 bits per heavy atom. The Balaban J connectivity index is 1.41. The molecular formula is C22H31N3O2. The lowest BCUT2D eigenvalue weighted by atomic mass is 10.00. The van der Waals surface area contributed by atoms with Gasteiger partial charge in [-0.2, -0.15) is 0 Å². The number of carbonyl (C=O) groups excluding carboxylic acids is 1. The zero-order valence-corrected chi connectivity index (χ0v) is 16.3. The molecule has 1 saturated heterocycles. The molecule has 146 valence electrons. The summed E-state index contributed by atoms with van der Waals surface area (Å²) in [6.07, 6.45) is 6.97. The molecule has 0 aliphatic carbocycles. The summed E-state index contributed by atoms with van der Waals surface area (Å²) in [5.74, 6) is 0.0215. The van der Waals surface area contributed by atoms with Gasteiger partial charge >= 0.3 is 0 Å². The minimum atomic E-state index is -0.0998. The lowest BCUT2D eigenvalue weighted by Crippen LogP contribution is -2.40. The standard InChI is InChI=1S/C22H31N3O2/c1-2-19-9-5-6-14-25(19)15-7-13-23-21(26)12-11-18-16-17-8-3-4-10-20(17)24-22(18)27/h3-4,8,10,16,19H,2,5-7,9,11-15H2,1H3,(H,23,26)(H,24,27). The first kappa shape index (κ1) is 19.6. The number of aromatic amines is 1. The molecule has 1 aromatic carbocycles. The van der Waals surface area contributed by atoms with Crippen molar-refractivity contribution in [1.82, 2.24) is 15.2 Å². The van der Waals surface area contributed by atoms with E-state index in [1.54, 1.807) is 0 Å². The summed E-state index contributed by atoms with van der Waals surface area (Å²) in [6.45, 7) is 5.22. The molecule has 1 aliphatic heterocycles. The lowest BCUT2D eigenvalue weighted by molar-refractivity contribution is -0.121. The smallest absolute Gasteiger partial charge is 0.251 e. The Morgan fingerprint density at radius 3 is 3.00 bits per heavy atom. The Kier molecular flexibility index (Phi) is 7.04. The summed E-state index contributed by atoms with van der Waals surface area (Å²) in [7, 11) is 0. The predicted octanol–water partition coefficient (Wildman–Crippen LogP) is 3.23. The molecule has 1 aliphatic rings. The minimum Gasteiger partial charge on any atom is -0.356 e. The molecule has 0 saturated carbocycles. The number of para-hydroxylation sites is 1. The highest BCUT2D eigenvalue weighted by atomic mass is 16.1. The highest BCUT2D eigenvalue weighted by molar-refractivity contribution is 5.79. The Bertz CT molecular complexity index is 815. The zero-order valence-electron chi connectivity index (χ0n) is 16.3. The van der Waals surface area contributed by atoms with E-state index in [9.17, 15) is 9.59 Å². The molecule has 2 heterocycles. The maximum atomic E-state index is 12.1. The molecule has 3 rings (SSSR count). The van der Waals surface area contributed by atoms with Crippen molar-refractivity contribution in [1.29, 1.82) is 0 Å². The van der Waals surface area contributed by atoms with E-state index in [0.717, 1.165) is 23.9 Å². The molecule has 1 fully saturated rings. The van der Waals surface area contributed by atoms with Crippen LogP contribution in [-0.4, -0.2) is 41.5 Å². The predicted molar refractivity (Wildman–Crippen MR) is 110 cm³/mol. The summed E-state index contributed by atoms with van der Waals surface area (Å²) < 4.78 is 0. The van der Waals surface area contributed by atoms with Crippen molar-refractivity contribution in [3.8, 4) is 0 Å². The number of amides is 1. The van der Waals surface area contributed by atoms with Crippen LogP contribution in [0.1, 0.15) is 51.0 Å². The van der Waals surface area contributed by atoms with Gasteiger partial charge in [-0.1, -0.05) is 31.5 Å². The molecule has 0 radical (unpaired) electrons. The molecule has 0 spiro atoms. The van der Waals surface area contributed by atoms with Gasteiger partial charge in [0, 0.05) is 36.6 Å². The van der Waals surface area contributed by atoms with Crippen LogP contribution in [0.15, 0.2) is 35.1 Å². The Morgan fingerprint density at radius 2 is 2.15 bits per heavy atom. The molecule has 2 aromatic rings. The monoisotopic (exact) mass is 369 g/mol. The fourth-order valence-corrected chi connectivity index (χ4v) is 4.04. The molecule has 0 bridgehead atoms. The average Bonchev–Trinajstić information content (AvgIpc) is 2.70. The van der Waals surface area contributed by atoms with Gasteiger partial charge in [-0.15, -0.1) is 0 Å². The number of benzene rings is 1. The zero-order chi connectivity index (χ0) is 19.1. The van der Waals surface area contributed by atoms with Crippen LogP contribution in [0.25, 0.3) is 10.9 Å². The van der Waals surface area contributed by atoms with Crippen LogP contribution in [0.4, 0.5) is 0 Å².